The molecule has 0 aliphatic rings. The van der Waals surface area contributed by atoms with E-state index >= 15 is 0 Å². The Bertz CT molecular complexity index is 555. The highest BCUT2D eigenvalue weighted by molar-refractivity contribution is 9.10. The third kappa shape index (κ3) is 8.03. The van der Waals surface area contributed by atoms with Crippen LogP contribution >= 0.6 is 24.2 Å². The molecule has 1 aromatic carbocycles. The van der Waals surface area contributed by atoms with Crippen LogP contribution in [0.4, 0.5) is 10.5 Å². The van der Waals surface area contributed by atoms with Gasteiger partial charge in [-0.2, -0.15) is 0 Å². The number of hydrogen-bond acceptors (Lipinski definition) is 4. The molecule has 1 rings (SSSR count). The normalized spacial score (nSPS) is 12.2. The lowest BCUT2D eigenvalue weighted by atomic mass is 10.1. The van der Waals surface area contributed by atoms with Gasteiger partial charge in [0.15, 0.2) is 6.73 Å². The number of benzene rings is 1. The number of urea groups is 1. The van der Waals surface area contributed by atoms with Crippen LogP contribution in [-0.4, -0.2) is 29.6 Å². The van der Waals surface area contributed by atoms with Gasteiger partial charge in [0.05, 0.1) is 0 Å². The Hall–Kier alpha value is -1.54. The van der Waals surface area contributed by atoms with Crippen LogP contribution in [0, 0.1) is 0 Å². The first kappa shape index (κ1) is 19.5. The van der Waals surface area contributed by atoms with Crippen LogP contribution in [0.3, 0.4) is 0 Å². The Morgan fingerprint density at radius 2 is 2.00 bits per heavy atom. The molecule has 4 N–H and O–H groups in total. The van der Waals surface area contributed by atoms with E-state index in [1.807, 2.05) is 6.92 Å². The predicted octanol–water partition coefficient (Wildman–Crippen LogP) is 2.48. The highest BCUT2D eigenvalue weighted by atomic mass is 79.9. The van der Waals surface area contributed by atoms with Gasteiger partial charge < -0.3 is 16.0 Å². The zero-order valence-electron chi connectivity index (χ0n) is 12.4. The second-order valence-electron chi connectivity index (χ2n) is 4.50. The molecule has 23 heavy (non-hydrogen) atoms. The lowest BCUT2D eigenvalue weighted by Gasteiger charge is -2.17. The molecule has 2 atom stereocenters. The summed E-state index contributed by atoms with van der Waals surface area (Å²) in [5.74, 6) is -0.491. The van der Waals surface area contributed by atoms with Crippen LogP contribution in [-0.2, 0) is 13.9 Å². The first-order chi connectivity index (χ1) is 10.9. The molecule has 126 valence electrons. The zero-order valence-corrected chi connectivity index (χ0v) is 14.9. The van der Waals surface area contributed by atoms with Crippen LogP contribution in [0.1, 0.15) is 19.8 Å². The van der Waals surface area contributed by atoms with Gasteiger partial charge >= 0.3 is 14.3 Å². The fourth-order valence-electron chi connectivity index (χ4n) is 1.70. The molecule has 0 radical (unpaired) electrons. The minimum atomic E-state index is -2.78. The van der Waals surface area contributed by atoms with Gasteiger partial charge in [-0.1, -0.05) is 33.8 Å². The van der Waals surface area contributed by atoms with Crippen LogP contribution in [0.25, 0.3) is 0 Å². The Morgan fingerprint density at radius 3 is 2.57 bits per heavy atom. The van der Waals surface area contributed by atoms with Crippen molar-refractivity contribution < 1.29 is 23.6 Å². The van der Waals surface area contributed by atoms with E-state index in [1.54, 1.807) is 24.3 Å². The van der Waals surface area contributed by atoms with Gasteiger partial charge in [-0.3, -0.25) is 4.79 Å². The molecular weight excluding hydrogens is 389 g/mol. The molecule has 8 nitrogen and oxygen atoms in total. The van der Waals surface area contributed by atoms with E-state index < -0.39 is 33.0 Å². The summed E-state index contributed by atoms with van der Waals surface area (Å²) in [6, 6.07) is 5.69. The van der Waals surface area contributed by atoms with E-state index in [4.69, 9.17) is 4.89 Å². The summed E-state index contributed by atoms with van der Waals surface area (Å²) in [6.07, 6.45) is 1.09. The Labute approximate surface area is 143 Å². The number of hydrogen-bond donors (Lipinski definition) is 4. The monoisotopic (exact) mass is 406 g/mol. The molecule has 0 heterocycles. The number of carbonyl (C=O) groups is 2. The smallest absolute Gasteiger partial charge is 0.327 e. The van der Waals surface area contributed by atoms with E-state index in [0.717, 1.165) is 4.47 Å². The van der Waals surface area contributed by atoms with Gasteiger partial charge in [0, 0.05) is 14.7 Å². The number of amides is 3. The largest absolute Gasteiger partial charge is 0.696 e. The standard InChI is InChI=1S/C13H17BrN3O5P/c1-2-3-11(12(18)15-8-22-23(20)21)17-13(19)16-10-6-4-9(14)5-7-10/h4-7,11H,2-3,8H2,1H3,(H3-,15,16,17,18,19,20,21)/p+1. The van der Waals surface area contributed by atoms with Crippen LogP contribution in [0.15, 0.2) is 28.7 Å². The minimum absolute atomic E-state index is 0.402. The summed E-state index contributed by atoms with van der Waals surface area (Å²) < 4.78 is 15.6. The van der Waals surface area contributed by atoms with E-state index in [1.165, 1.54) is 0 Å². The summed E-state index contributed by atoms with van der Waals surface area (Å²) in [5, 5.41) is 7.49. The lowest BCUT2D eigenvalue weighted by molar-refractivity contribution is -0.123. The first-order valence-corrected chi connectivity index (χ1v) is 8.74. The molecule has 10 heteroatoms. The van der Waals surface area contributed by atoms with Crippen molar-refractivity contribution in [1.29, 1.82) is 0 Å². The molecule has 0 aliphatic carbocycles. The minimum Gasteiger partial charge on any atom is -0.327 e. The van der Waals surface area contributed by atoms with Crippen molar-refractivity contribution in [3.63, 3.8) is 0 Å². The number of carbonyl (C=O) groups excluding carboxylic acids is 2. The van der Waals surface area contributed by atoms with Gasteiger partial charge in [-0.05, 0) is 30.7 Å². The number of anilines is 1. The number of rotatable bonds is 8. The number of halogens is 1. The van der Waals surface area contributed by atoms with Gasteiger partial charge in [0.1, 0.15) is 6.04 Å². The molecule has 0 fully saturated rings. The van der Waals surface area contributed by atoms with Crippen LogP contribution in [0.5, 0.6) is 0 Å². The van der Waals surface area contributed by atoms with Crippen molar-refractivity contribution in [2.24, 2.45) is 0 Å². The van der Waals surface area contributed by atoms with E-state index in [9.17, 15) is 14.2 Å². The SMILES string of the molecule is CCCC(NC(=O)Nc1ccc(Br)cc1)C(=O)NCO[P+](=O)O. The summed E-state index contributed by atoms with van der Waals surface area (Å²) in [4.78, 5) is 32.4. The fourth-order valence-corrected chi connectivity index (χ4v) is 2.14. The second-order valence-corrected chi connectivity index (χ2v) is 6.15. The maximum atomic E-state index is 11.9. The summed E-state index contributed by atoms with van der Waals surface area (Å²) in [5.41, 5.74) is 0.585. The molecule has 0 saturated carbocycles. The van der Waals surface area contributed by atoms with E-state index in [2.05, 4.69) is 36.4 Å². The van der Waals surface area contributed by atoms with E-state index in [-0.39, 0.29) is 0 Å². The Morgan fingerprint density at radius 1 is 1.35 bits per heavy atom. The van der Waals surface area contributed by atoms with Gasteiger partial charge in [-0.25, -0.2) is 4.79 Å². The predicted molar refractivity (Wildman–Crippen MR) is 88.9 cm³/mol. The average Bonchev–Trinajstić information content (AvgIpc) is 2.48. The number of nitrogens with one attached hydrogen (secondary N) is 3. The Kier molecular flexibility index (Phi) is 8.71. The molecule has 0 aliphatic heterocycles. The highest BCUT2D eigenvalue weighted by Gasteiger charge is 2.21. The summed E-state index contributed by atoms with van der Waals surface area (Å²) in [7, 11) is -2.78. The fraction of sp³-hybridized carbons (Fsp3) is 0.385. The quantitative estimate of drug-likeness (QED) is 0.390. The van der Waals surface area contributed by atoms with Gasteiger partial charge in [0.2, 0.25) is 5.91 Å². The van der Waals surface area contributed by atoms with Gasteiger partial charge in [0.25, 0.3) is 0 Å². The maximum Gasteiger partial charge on any atom is 0.696 e. The van der Waals surface area contributed by atoms with Crippen LogP contribution in [0.2, 0.25) is 0 Å². The molecule has 0 spiro atoms. The van der Waals surface area contributed by atoms with Crippen LogP contribution < -0.4 is 16.0 Å². The van der Waals surface area contributed by atoms with Crippen molar-refractivity contribution in [2.75, 3.05) is 12.0 Å². The molecule has 0 bridgehead atoms. The van der Waals surface area contributed by atoms with E-state index in [0.29, 0.717) is 18.5 Å². The summed E-state index contributed by atoms with van der Waals surface area (Å²) in [6.45, 7) is 1.47. The topological polar surface area (TPSA) is 117 Å². The lowest BCUT2D eigenvalue weighted by Crippen LogP contribution is -2.48. The van der Waals surface area contributed by atoms with Crippen molar-refractivity contribution in [1.82, 2.24) is 10.6 Å². The van der Waals surface area contributed by atoms with Crippen molar-refractivity contribution in [2.45, 2.75) is 25.8 Å². The van der Waals surface area contributed by atoms with Crippen molar-refractivity contribution in [3.05, 3.63) is 28.7 Å². The third-order valence-corrected chi connectivity index (χ3v) is 3.60. The molecule has 2 unspecified atom stereocenters. The molecule has 3 amide bonds. The van der Waals surface area contributed by atoms with Crippen molar-refractivity contribution >= 4 is 41.8 Å². The Balaban J connectivity index is 2.52. The second kappa shape index (κ2) is 10.3. The third-order valence-electron chi connectivity index (χ3n) is 2.72. The van der Waals surface area contributed by atoms with Crippen molar-refractivity contribution in [3.8, 4) is 0 Å². The average molecular weight is 407 g/mol. The molecule has 1 aromatic rings. The highest BCUT2D eigenvalue weighted by Crippen LogP contribution is 2.14. The molecule has 0 aromatic heterocycles. The first-order valence-electron chi connectivity index (χ1n) is 6.82. The molecular formula is C13H18BrN3O5P+. The maximum absolute atomic E-state index is 11.9. The molecule has 0 saturated heterocycles. The summed E-state index contributed by atoms with van der Waals surface area (Å²) >= 11 is 3.29. The zero-order chi connectivity index (χ0) is 17.2. The van der Waals surface area contributed by atoms with Gasteiger partial charge in [-0.15, -0.1) is 4.89 Å².